The monoisotopic (exact) mass is 234 g/mol. The van der Waals surface area contributed by atoms with Crippen LogP contribution in [-0.4, -0.2) is 30.5 Å². The van der Waals surface area contributed by atoms with E-state index in [0.29, 0.717) is 12.0 Å². The van der Waals surface area contributed by atoms with Crippen LogP contribution in [0.15, 0.2) is 12.2 Å². The van der Waals surface area contributed by atoms with Crippen molar-refractivity contribution >= 4 is 23.5 Å². The standard InChI is InChI=1S/C10H15ClO4/c1-7(2)10(13)15-8(3)4-5-14-9(12)6-11/h8H,1,4-6H2,2-3H3. The van der Waals surface area contributed by atoms with Gasteiger partial charge in [0.2, 0.25) is 0 Å². The predicted octanol–water partition coefficient (Wildman–Crippen LogP) is 1.67. The fraction of sp³-hybridized carbons (Fsp3) is 0.600. The lowest BCUT2D eigenvalue weighted by Gasteiger charge is -2.12. The minimum Gasteiger partial charge on any atom is -0.465 e. The third kappa shape index (κ3) is 6.96. The van der Waals surface area contributed by atoms with Crippen molar-refractivity contribution in [3.05, 3.63) is 12.2 Å². The molecule has 0 aliphatic carbocycles. The summed E-state index contributed by atoms with van der Waals surface area (Å²) in [7, 11) is 0. The maximum atomic E-state index is 11.1. The Kier molecular flexibility index (Phi) is 6.79. The van der Waals surface area contributed by atoms with E-state index < -0.39 is 11.9 Å². The van der Waals surface area contributed by atoms with Gasteiger partial charge >= 0.3 is 11.9 Å². The van der Waals surface area contributed by atoms with Gasteiger partial charge in [0.25, 0.3) is 0 Å². The van der Waals surface area contributed by atoms with Crippen LogP contribution in [0.25, 0.3) is 0 Å². The van der Waals surface area contributed by atoms with Gasteiger partial charge in [-0.15, -0.1) is 11.6 Å². The molecule has 0 N–H and O–H groups in total. The van der Waals surface area contributed by atoms with E-state index in [4.69, 9.17) is 21.1 Å². The normalized spacial score (nSPS) is 11.7. The van der Waals surface area contributed by atoms with E-state index >= 15 is 0 Å². The SMILES string of the molecule is C=C(C)C(=O)OC(C)CCOC(=O)CCl. The lowest BCUT2D eigenvalue weighted by atomic mass is 10.3. The number of hydrogen-bond acceptors (Lipinski definition) is 4. The first-order chi connectivity index (χ1) is 6.97. The maximum Gasteiger partial charge on any atom is 0.333 e. The average molecular weight is 235 g/mol. The number of esters is 2. The highest BCUT2D eigenvalue weighted by molar-refractivity contribution is 6.26. The summed E-state index contributed by atoms with van der Waals surface area (Å²) < 4.78 is 9.68. The molecule has 1 unspecified atom stereocenters. The topological polar surface area (TPSA) is 52.6 Å². The second-order valence-corrected chi connectivity index (χ2v) is 3.41. The van der Waals surface area contributed by atoms with Gasteiger partial charge in [-0.3, -0.25) is 4.79 Å². The molecule has 0 rings (SSSR count). The van der Waals surface area contributed by atoms with Crippen molar-refractivity contribution in [3.8, 4) is 0 Å². The number of hydrogen-bond donors (Lipinski definition) is 0. The van der Waals surface area contributed by atoms with Crippen LogP contribution in [0.5, 0.6) is 0 Å². The van der Waals surface area contributed by atoms with E-state index in [1.165, 1.54) is 0 Å². The molecule has 0 fully saturated rings. The number of halogens is 1. The summed E-state index contributed by atoms with van der Waals surface area (Å²) in [5, 5.41) is 0. The fourth-order valence-electron chi connectivity index (χ4n) is 0.720. The van der Waals surface area contributed by atoms with Gasteiger partial charge in [-0.1, -0.05) is 6.58 Å². The first-order valence-electron chi connectivity index (χ1n) is 4.55. The molecule has 0 saturated heterocycles. The molecule has 0 heterocycles. The second-order valence-electron chi connectivity index (χ2n) is 3.14. The first-order valence-corrected chi connectivity index (χ1v) is 5.09. The molecule has 0 saturated carbocycles. The maximum absolute atomic E-state index is 11.1. The summed E-state index contributed by atoms with van der Waals surface area (Å²) in [5.41, 5.74) is 0.347. The Morgan fingerprint density at radius 1 is 1.47 bits per heavy atom. The quantitative estimate of drug-likeness (QED) is 0.399. The number of carbonyl (C=O) groups is 2. The number of ether oxygens (including phenoxy) is 2. The van der Waals surface area contributed by atoms with Crippen LogP contribution in [0.4, 0.5) is 0 Å². The summed E-state index contributed by atoms with van der Waals surface area (Å²) in [6.07, 6.45) is 0.138. The summed E-state index contributed by atoms with van der Waals surface area (Å²) in [5.74, 6) is -1.08. The van der Waals surface area contributed by atoms with Gasteiger partial charge in [-0.25, -0.2) is 4.79 Å². The Morgan fingerprint density at radius 3 is 2.53 bits per heavy atom. The number of carbonyl (C=O) groups excluding carboxylic acids is 2. The van der Waals surface area contributed by atoms with Gasteiger partial charge in [-0.05, 0) is 13.8 Å². The zero-order valence-corrected chi connectivity index (χ0v) is 9.67. The van der Waals surface area contributed by atoms with Crippen LogP contribution in [0.2, 0.25) is 0 Å². The van der Waals surface area contributed by atoms with Gasteiger partial charge in [0.1, 0.15) is 12.0 Å². The van der Waals surface area contributed by atoms with Gasteiger partial charge in [0.15, 0.2) is 0 Å². The Balaban J connectivity index is 3.66. The fourth-order valence-corrected chi connectivity index (χ4v) is 0.797. The zero-order chi connectivity index (χ0) is 11.8. The molecule has 5 heteroatoms. The molecule has 0 aromatic heterocycles. The van der Waals surface area contributed by atoms with Crippen LogP contribution in [0.1, 0.15) is 20.3 Å². The lowest BCUT2D eigenvalue weighted by Crippen LogP contribution is -2.18. The minimum atomic E-state index is -0.477. The highest BCUT2D eigenvalue weighted by atomic mass is 35.5. The van der Waals surface area contributed by atoms with Gasteiger partial charge in [-0.2, -0.15) is 0 Å². The molecule has 0 bridgehead atoms. The van der Waals surface area contributed by atoms with E-state index in [9.17, 15) is 9.59 Å². The molecule has 0 radical (unpaired) electrons. The molecule has 0 amide bonds. The van der Waals surface area contributed by atoms with Crippen molar-refractivity contribution in [2.45, 2.75) is 26.4 Å². The van der Waals surface area contributed by atoms with E-state index in [2.05, 4.69) is 6.58 Å². The van der Waals surface area contributed by atoms with E-state index in [-0.39, 0.29) is 18.6 Å². The second kappa shape index (κ2) is 7.29. The van der Waals surface area contributed by atoms with Crippen LogP contribution >= 0.6 is 11.6 Å². The Hall–Kier alpha value is -1.03. The highest BCUT2D eigenvalue weighted by Gasteiger charge is 2.10. The number of rotatable bonds is 6. The number of alkyl halides is 1. The molecular weight excluding hydrogens is 220 g/mol. The highest BCUT2D eigenvalue weighted by Crippen LogP contribution is 2.02. The van der Waals surface area contributed by atoms with Crippen molar-refractivity contribution < 1.29 is 19.1 Å². The van der Waals surface area contributed by atoms with Crippen molar-refractivity contribution in [1.82, 2.24) is 0 Å². The molecule has 0 spiro atoms. The Labute approximate surface area is 94.2 Å². The van der Waals surface area contributed by atoms with Crippen molar-refractivity contribution in [2.24, 2.45) is 0 Å². The van der Waals surface area contributed by atoms with Crippen LogP contribution in [0.3, 0.4) is 0 Å². The molecule has 4 nitrogen and oxygen atoms in total. The van der Waals surface area contributed by atoms with Crippen LogP contribution in [-0.2, 0) is 19.1 Å². The van der Waals surface area contributed by atoms with Crippen molar-refractivity contribution in [3.63, 3.8) is 0 Å². The largest absolute Gasteiger partial charge is 0.465 e. The molecule has 86 valence electrons. The molecule has 0 aromatic carbocycles. The third-order valence-electron chi connectivity index (χ3n) is 1.55. The Bertz CT molecular complexity index is 250. The summed E-state index contributed by atoms with van der Waals surface area (Å²) in [6, 6.07) is 0. The summed E-state index contributed by atoms with van der Waals surface area (Å²) in [6.45, 7) is 6.93. The van der Waals surface area contributed by atoms with E-state index in [1.54, 1.807) is 13.8 Å². The zero-order valence-electron chi connectivity index (χ0n) is 8.92. The molecule has 0 aromatic rings. The van der Waals surface area contributed by atoms with Crippen molar-refractivity contribution in [1.29, 1.82) is 0 Å². The first kappa shape index (κ1) is 14.0. The molecular formula is C10H15ClO4. The lowest BCUT2D eigenvalue weighted by molar-refractivity contribution is -0.145. The average Bonchev–Trinajstić information content (AvgIpc) is 2.17. The minimum absolute atomic E-state index is 0.167. The smallest absolute Gasteiger partial charge is 0.333 e. The Morgan fingerprint density at radius 2 is 2.07 bits per heavy atom. The van der Waals surface area contributed by atoms with E-state index in [1.807, 2.05) is 0 Å². The van der Waals surface area contributed by atoms with Crippen molar-refractivity contribution in [2.75, 3.05) is 12.5 Å². The predicted molar refractivity (Wildman–Crippen MR) is 56.7 cm³/mol. The van der Waals surface area contributed by atoms with Gasteiger partial charge < -0.3 is 9.47 Å². The molecule has 1 atom stereocenters. The van der Waals surface area contributed by atoms with E-state index in [0.717, 1.165) is 0 Å². The van der Waals surface area contributed by atoms with Gasteiger partial charge in [0, 0.05) is 12.0 Å². The third-order valence-corrected chi connectivity index (χ3v) is 1.77. The van der Waals surface area contributed by atoms with Gasteiger partial charge in [0.05, 0.1) is 6.61 Å². The van der Waals surface area contributed by atoms with Crippen LogP contribution < -0.4 is 0 Å². The summed E-state index contributed by atoms with van der Waals surface area (Å²) in [4.78, 5) is 21.7. The molecule has 0 aliphatic rings. The molecule has 15 heavy (non-hydrogen) atoms. The van der Waals surface area contributed by atoms with Crippen LogP contribution in [0, 0.1) is 0 Å². The summed E-state index contributed by atoms with van der Waals surface area (Å²) >= 11 is 5.22. The molecule has 0 aliphatic heterocycles.